The highest BCUT2D eigenvalue weighted by Crippen LogP contribution is 2.26. The molecule has 0 fully saturated rings. The number of nitrogens with one attached hydrogen (secondary N) is 1. The molecule has 2 rings (SSSR count). The number of phenols is 1. The minimum absolute atomic E-state index is 0.0366. The summed E-state index contributed by atoms with van der Waals surface area (Å²) in [4.78, 5) is 11.9. The fraction of sp³-hybridized carbons (Fsp3) is 0. The molecule has 1 amide bonds. The van der Waals surface area contributed by atoms with Gasteiger partial charge in [0.15, 0.2) is 0 Å². The van der Waals surface area contributed by atoms with Crippen molar-refractivity contribution in [1.29, 1.82) is 0 Å². The van der Waals surface area contributed by atoms with Crippen LogP contribution in [0.25, 0.3) is 0 Å². The zero-order valence-corrected chi connectivity index (χ0v) is 12.1. The monoisotopic (exact) mass is 326 g/mol. The van der Waals surface area contributed by atoms with Crippen molar-refractivity contribution in [3.05, 3.63) is 53.1 Å². The summed E-state index contributed by atoms with van der Waals surface area (Å²) < 4.78 is 22.6. The Kier molecular flexibility index (Phi) is 4.17. The molecule has 0 atom stereocenters. The van der Waals surface area contributed by atoms with Crippen LogP contribution in [0.3, 0.4) is 0 Å². The van der Waals surface area contributed by atoms with E-state index in [4.69, 9.17) is 16.7 Å². The molecule has 6 nitrogen and oxygen atoms in total. The van der Waals surface area contributed by atoms with Gasteiger partial charge in [-0.1, -0.05) is 23.7 Å². The van der Waals surface area contributed by atoms with Gasteiger partial charge in [0.05, 0.1) is 21.2 Å². The zero-order valence-electron chi connectivity index (χ0n) is 10.6. The Bertz CT molecular complexity index is 806. The highest BCUT2D eigenvalue weighted by Gasteiger charge is 2.15. The summed E-state index contributed by atoms with van der Waals surface area (Å²) in [7, 11) is -3.91. The van der Waals surface area contributed by atoms with Gasteiger partial charge in [-0.05, 0) is 30.3 Å². The molecule has 21 heavy (non-hydrogen) atoms. The van der Waals surface area contributed by atoms with Gasteiger partial charge >= 0.3 is 0 Å². The number of hydrogen-bond acceptors (Lipinski definition) is 4. The lowest BCUT2D eigenvalue weighted by atomic mass is 10.2. The van der Waals surface area contributed by atoms with E-state index in [0.29, 0.717) is 0 Å². The molecule has 0 unspecified atom stereocenters. The maximum absolute atomic E-state index is 12.0. The fourth-order valence-corrected chi connectivity index (χ4v) is 2.34. The maximum atomic E-state index is 12.0. The molecule has 2 aromatic carbocycles. The van der Waals surface area contributed by atoms with Crippen molar-refractivity contribution in [3.63, 3.8) is 0 Å². The predicted molar refractivity (Wildman–Crippen MR) is 78.9 cm³/mol. The topological polar surface area (TPSA) is 109 Å². The number of amides is 1. The molecule has 0 heterocycles. The molecule has 0 saturated heterocycles. The molecule has 0 aliphatic rings. The molecule has 0 saturated carbocycles. The summed E-state index contributed by atoms with van der Waals surface area (Å²) in [6.07, 6.45) is 0. The summed E-state index contributed by atoms with van der Waals surface area (Å²) in [5.74, 6) is -0.824. The van der Waals surface area contributed by atoms with Crippen LogP contribution < -0.4 is 10.5 Å². The molecule has 8 heteroatoms. The van der Waals surface area contributed by atoms with Gasteiger partial charge in [-0.25, -0.2) is 13.6 Å². The Morgan fingerprint density at radius 3 is 2.48 bits per heavy atom. The summed E-state index contributed by atoms with van der Waals surface area (Å²) in [5.41, 5.74) is 0.117. The van der Waals surface area contributed by atoms with Gasteiger partial charge in [0, 0.05) is 0 Å². The van der Waals surface area contributed by atoms with Crippen molar-refractivity contribution >= 4 is 33.2 Å². The van der Waals surface area contributed by atoms with Gasteiger partial charge in [0.1, 0.15) is 5.75 Å². The normalized spacial score (nSPS) is 11.1. The third-order valence-corrected chi connectivity index (χ3v) is 3.90. The maximum Gasteiger partial charge on any atom is 0.259 e. The van der Waals surface area contributed by atoms with Gasteiger partial charge in [-0.3, -0.25) is 4.79 Å². The molecule has 2 aromatic rings. The molecule has 110 valence electrons. The molecule has 0 radical (unpaired) electrons. The van der Waals surface area contributed by atoms with Crippen LogP contribution in [0.1, 0.15) is 10.4 Å². The molecule has 0 bridgehead atoms. The zero-order chi connectivity index (χ0) is 15.6. The Balaban J connectivity index is 2.36. The number of para-hydroxylation sites is 1. The van der Waals surface area contributed by atoms with E-state index in [1.165, 1.54) is 24.3 Å². The molecule has 0 aliphatic heterocycles. The highest BCUT2D eigenvalue weighted by molar-refractivity contribution is 7.89. The highest BCUT2D eigenvalue weighted by atomic mass is 35.5. The SMILES string of the molecule is NS(=O)(=O)c1ccc(Cl)c(NC(=O)c2ccccc2O)c1. The van der Waals surface area contributed by atoms with E-state index in [0.717, 1.165) is 6.07 Å². The average molecular weight is 327 g/mol. The Hall–Kier alpha value is -2.09. The average Bonchev–Trinajstić information content (AvgIpc) is 2.40. The lowest BCUT2D eigenvalue weighted by molar-refractivity contribution is 0.102. The minimum atomic E-state index is -3.91. The molecule has 0 spiro atoms. The van der Waals surface area contributed by atoms with Crippen LogP contribution >= 0.6 is 11.6 Å². The number of phenolic OH excluding ortho intramolecular Hbond substituents is 1. The van der Waals surface area contributed by atoms with Crippen molar-refractivity contribution in [2.45, 2.75) is 4.90 Å². The molecule has 0 aromatic heterocycles. The minimum Gasteiger partial charge on any atom is -0.507 e. The number of carbonyl (C=O) groups is 1. The number of nitrogens with two attached hydrogens (primary N) is 1. The molecule has 4 N–H and O–H groups in total. The second kappa shape index (κ2) is 5.72. The summed E-state index contributed by atoms with van der Waals surface area (Å²) in [6.45, 7) is 0. The lowest BCUT2D eigenvalue weighted by Gasteiger charge is -2.09. The van der Waals surface area contributed by atoms with Crippen molar-refractivity contribution in [2.75, 3.05) is 5.32 Å². The largest absolute Gasteiger partial charge is 0.507 e. The number of rotatable bonds is 3. The van der Waals surface area contributed by atoms with Crippen molar-refractivity contribution < 1.29 is 18.3 Å². The standard InChI is InChI=1S/C13H11ClN2O4S/c14-10-6-5-8(21(15,19)20)7-11(10)16-13(18)9-3-1-2-4-12(9)17/h1-7,17H,(H,16,18)(H2,15,19,20). The predicted octanol–water partition coefficient (Wildman–Crippen LogP) is 1.95. The number of hydrogen-bond donors (Lipinski definition) is 3. The number of anilines is 1. The van der Waals surface area contributed by atoms with E-state index in [1.54, 1.807) is 12.1 Å². The van der Waals surface area contributed by atoms with E-state index in [1.807, 2.05) is 0 Å². The van der Waals surface area contributed by atoms with Crippen LogP contribution in [-0.4, -0.2) is 19.4 Å². The van der Waals surface area contributed by atoms with Crippen molar-refractivity contribution in [3.8, 4) is 5.75 Å². The number of benzene rings is 2. The first-order valence-electron chi connectivity index (χ1n) is 5.71. The Labute approximate surface area is 126 Å². The van der Waals surface area contributed by atoms with Crippen LogP contribution in [0.5, 0.6) is 5.75 Å². The first-order valence-corrected chi connectivity index (χ1v) is 7.63. The van der Waals surface area contributed by atoms with E-state index in [2.05, 4.69) is 5.32 Å². The van der Waals surface area contributed by atoms with Gasteiger partial charge in [0.2, 0.25) is 10.0 Å². The van der Waals surface area contributed by atoms with Crippen LogP contribution in [0, 0.1) is 0 Å². The lowest BCUT2D eigenvalue weighted by Crippen LogP contribution is -2.15. The number of aromatic hydroxyl groups is 1. The second-order valence-corrected chi connectivity index (χ2v) is 6.13. The summed E-state index contributed by atoms with van der Waals surface area (Å²) >= 11 is 5.90. The van der Waals surface area contributed by atoms with Gasteiger partial charge < -0.3 is 10.4 Å². The summed E-state index contributed by atoms with van der Waals surface area (Å²) in [5, 5.41) is 17.2. The second-order valence-electron chi connectivity index (χ2n) is 4.16. The Morgan fingerprint density at radius 2 is 1.86 bits per heavy atom. The van der Waals surface area contributed by atoms with E-state index >= 15 is 0 Å². The number of carbonyl (C=O) groups excluding carboxylic acids is 1. The van der Waals surface area contributed by atoms with Crippen LogP contribution in [0.4, 0.5) is 5.69 Å². The first kappa shape index (κ1) is 15.3. The quantitative estimate of drug-likeness (QED) is 0.800. The van der Waals surface area contributed by atoms with E-state index in [9.17, 15) is 18.3 Å². The van der Waals surface area contributed by atoms with Crippen LogP contribution in [0.15, 0.2) is 47.4 Å². The number of primary sulfonamides is 1. The van der Waals surface area contributed by atoms with E-state index in [-0.39, 0.29) is 26.9 Å². The first-order chi connectivity index (χ1) is 9.79. The van der Waals surface area contributed by atoms with Crippen molar-refractivity contribution in [2.24, 2.45) is 5.14 Å². The molecular weight excluding hydrogens is 316 g/mol. The fourth-order valence-electron chi connectivity index (χ4n) is 1.63. The van der Waals surface area contributed by atoms with Crippen LogP contribution in [0.2, 0.25) is 5.02 Å². The third kappa shape index (κ3) is 3.52. The van der Waals surface area contributed by atoms with E-state index < -0.39 is 15.9 Å². The molecule has 0 aliphatic carbocycles. The molecular formula is C13H11ClN2O4S. The van der Waals surface area contributed by atoms with Crippen molar-refractivity contribution in [1.82, 2.24) is 0 Å². The van der Waals surface area contributed by atoms with Gasteiger partial charge in [0.25, 0.3) is 5.91 Å². The van der Waals surface area contributed by atoms with Gasteiger partial charge in [-0.15, -0.1) is 0 Å². The summed E-state index contributed by atoms with van der Waals surface area (Å²) in [6, 6.07) is 9.61. The Morgan fingerprint density at radius 1 is 1.19 bits per heavy atom. The number of halogens is 1. The third-order valence-electron chi connectivity index (χ3n) is 2.66. The smallest absolute Gasteiger partial charge is 0.259 e. The van der Waals surface area contributed by atoms with Gasteiger partial charge in [-0.2, -0.15) is 0 Å². The van der Waals surface area contributed by atoms with Crippen LogP contribution in [-0.2, 0) is 10.0 Å². The number of sulfonamides is 1.